The van der Waals surface area contributed by atoms with Crippen molar-refractivity contribution in [1.82, 2.24) is 9.90 Å². The van der Waals surface area contributed by atoms with E-state index in [1.807, 2.05) is 42.5 Å². The predicted molar refractivity (Wildman–Crippen MR) is 74.3 cm³/mol. The first-order valence-corrected chi connectivity index (χ1v) is 6.06. The van der Waals surface area contributed by atoms with E-state index in [1.165, 1.54) is 0 Å². The summed E-state index contributed by atoms with van der Waals surface area (Å²) in [6.45, 7) is 0. The van der Waals surface area contributed by atoms with Crippen LogP contribution in [0.3, 0.4) is 0 Å². The molecule has 96 valence electrons. The van der Waals surface area contributed by atoms with Crippen LogP contribution in [0.5, 0.6) is 0 Å². The maximum absolute atomic E-state index is 6.69. The standard InChI is InChI=1S/C15H11N4O/c16-19-18-13-8-6-11(7-9-13)14-10-17-15(20-14)12-4-2-1-3-5-12/h1-10,16H/q+1. The van der Waals surface area contributed by atoms with Crippen LogP contribution in [-0.2, 0) is 0 Å². The van der Waals surface area contributed by atoms with E-state index >= 15 is 0 Å². The molecule has 0 spiro atoms. The molecule has 5 heteroatoms. The number of oxazole rings is 1. The van der Waals surface area contributed by atoms with Crippen LogP contribution < -0.4 is 4.91 Å². The normalized spacial score (nSPS) is 10.0. The van der Waals surface area contributed by atoms with E-state index in [1.54, 1.807) is 18.3 Å². The number of rotatable bonds is 3. The third-order valence-corrected chi connectivity index (χ3v) is 2.84. The van der Waals surface area contributed by atoms with Gasteiger partial charge in [-0.3, -0.25) is 0 Å². The van der Waals surface area contributed by atoms with Gasteiger partial charge in [-0.1, -0.05) is 18.2 Å². The molecule has 0 aliphatic rings. The van der Waals surface area contributed by atoms with Gasteiger partial charge in [-0.25, -0.2) is 4.98 Å². The van der Waals surface area contributed by atoms with Crippen LogP contribution >= 0.6 is 0 Å². The van der Waals surface area contributed by atoms with Gasteiger partial charge in [0.25, 0.3) is 0 Å². The van der Waals surface area contributed by atoms with Crippen molar-refractivity contribution >= 4 is 5.69 Å². The molecule has 1 N–H and O–H groups in total. The minimum Gasteiger partial charge on any atom is -0.436 e. The highest BCUT2D eigenvalue weighted by molar-refractivity contribution is 5.62. The zero-order chi connectivity index (χ0) is 13.8. The monoisotopic (exact) mass is 263 g/mol. The second-order valence-corrected chi connectivity index (χ2v) is 4.14. The van der Waals surface area contributed by atoms with Gasteiger partial charge in [-0.15, -0.1) is 0 Å². The van der Waals surface area contributed by atoms with Crippen LogP contribution in [0.4, 0.5) is 5.69 Å². The molecule has 3 rings (SSSR count). The van der Waals surface area contributed by atoms with Gasteiger partial charge < -0.3 is 4.42 Å². The van der Waals surface area contributed by atoms with E-state index < -0.39 is 0 Å². The fourth-order valence-corrected chi connectivity index (χ4v) is 1.87. The molecule has 2 aromatic carbocycles. The first-order chi connectivity index (χ1) is 9.86. The van der Waals surface area contributed by atoms with Crippen molar-refractivity contribution in [1.29, 1.82) is 5.53 Å². The van der Waals surface area contributed by atoms with Gasteiger partial charge in [-0.05, 0) is 36.4 Å². The second kappa shape index (κ2) is 5.30. The van der Waals surface area contributed by atoms with Crippen LogP contribution in [0.2, 0.25) is 0 Å². The van der Waals surface area contributed by atoms with E-state index in [2.05, 4.69) is 15.0 Å². The van der Waals surface area contributed by atoms with E-state index in [9.17, 15) is 0 Å². The lowest BCUT2D eigenvalue weighted by molar-refractivity contribution is 0.589. The lowest BCUT2D eigenvalue weighted by atomic mass is 10.2. The van der Waals surface area contributed by atoms with Gasteiger partial charge in [0.2, 0.25) is 10.8 Å². The molecule has 0 unspecified atom stereocenters. The Balaban J connectivity index is 1.92. The zero-order valence-electron chi connectivity index (χ0n) is 10.5. The first kappa shape index (κ1) is 12.0. The Labute approximate surface area is 115 Å². The van der Waals surface area contributed by atoms with Gasteiger partial charge in [0, 0.05) is 11.1 Å². The predicted octanol–water partition coefficient (Wildman–Crippen LogP) is 4.19. The highest BCUT2D eigenvalue weighted by Gasteiger charge is 2.08. The van der Waals surface area contributed by atoms with Crippen LogP contribution in [0.1, 0.15) is 0 Å². The van der Waals surface area contributed by atoms with Gasteiger partial charge in [0.15, 0.2) is 16.6 Å². The van der Waals surface area contributed by atoms with Gasteiger partial charge in [-0.2, -0.15) is 0 Å². The molecule has 0 atom stereocenters. The SMILES string of the molecule is N=[N+]=Nc1ccc(-c2cnc(-c3ccccc3)o2)cc1. The summed E-state index contributed by atoms with van der Waals surface area (Å²) in [6.07, 6.45) is 1.70. The molecule has 0 saturated heterocycles. The molecule has 0 bridgehead atoms. The summed E-state index contributed by atoms with van der Waals surface area (Å²) in [5, 5.41) is 3.64. The zero-order valence-corrected chi connectivity index (χ0v) is 10.5. The van der Waals surface area contributed by atoms with E-state index in [-0.39, 0.29) is 0 Å². The summed E-state index contributed by atoms with van der Waals surface area (Å²) in [5.41, 5.74) is 9.17. The largest absolute Gasteiger partial charge is 0.436 e. The topological polar surface area (TPSA) is 76.3 Å². The smallest absolute Gasteiger partial charge is 0.226 e. The highest BCUT2D eigenvalue weighted by Crippen LogP contribution is 2.27. The number of benzene rings is 2. The molecule has 3 aromatic rings. The molecular weight excluding hydrogens is 252 g/mol. The Bertz CT molecular complexity index is 756. The van der Waals surface area contributed by atoms with Gasteiger partial charge >= 0.3 is 0 Å². The maximum Gasteiger partial charge on any atom is 0.226 e. The minimum absolute atomic E-state index is 0.593. The van der Waals surface area contributed by atoms with Gasteiger partial charge in [0.1, 0.15) is 5.53 Å². The van der Waals surface area contributed by atoms with E-state index in [4.69, 9.17) is 9.95 Å². The molecule has 0 aliphatic carbocycles. The average Bonchev–Trinajstić information content (AvgIpc) is 2.99. The van der Waals surface area contributed by atoms with Crippen molar-refractivity contribution in [3.63, 3.8) is 0 Å². The van der Waals surface area contributed by atoms with E-state index in [0.717, 1.165) is 11.1 Å². The number of hydrogen-bond acceptors (Lipinski definition) is 4. The molecule has 5 nitrogen and oxygen atoms in total. The van der Waals surface area contributed by atoms with Crippen molar-refractivity contribution in [3.8, 4) is 22.8 Å². The molecule has 0 saturated carbocycles. The van der Waals surface area contributed by atoms with E-state index in [0.29, 0.717) is 17.3 Å². The fraction of sp³-hybridized carbons (Fsp3) is 0. The summed E-state index contributed by atoms with van der Waals surface area (Å²) < 4.78 is 5.75. The quantitative estimate of drug-likeness (QED) is 0.568. The number of nitrogens with zero attached hydrogens (tertiary/aromatic N) is 3. The van der Waals surface area contributed by atoms with Crippen LogP contribution in [0, 0.1) is 5.53 Å². The third-order valence-electron chi connectivity index (χ3n) is 2.84. The Kier molecular flexibility index (Phi) is 3.18. The summed E-state index contributed by atoms with van der Waals surface area (Å²) in [6, 6.07) is 17.0. The number of nitrogens with one attached hydrogen (secondary N) is 1. The van der Waals surface area contributed by atoms with Crippen molar-refractivity contribution in [2.24, 2.45) is 5.11 Å². The average molecular weight is 263 g/mol. The molecule has 20 heavy (non-hydrogen) atoms. The fourth-order valence-electron chi connectivity index (χ4n) is 1.87. The van der Waals surface area contributed by atoms with Crippen molar-refractivity contribution in [2.45, 2.75) is 0 Å². The Hall–Kier alpha value is -3.04. The van der Waals surface area contributed by atoms with Crippen molar-refractivity contribution in [3.05, 3.63) is 60.8 Å². The third kappa shape index (κ3) is 2.39. The molecule has 0 amide bonds. The van der Waals surface area contributed by atoms with Crippen LogP contribution in [-0.4, -0.2) is 4.98 Å². The molecule has 0 radical (unpaired) electrons. The lowest BCUT2D eigenvalue weighted by Gasteiger charge is -1.96. The Morgan fingerprint density at radius 2 is 1.70 bits per heavy atom. The number of hydrogen-bond donors (Lipinski definition) is 1. The summed E-state index contributed by atoms with van der Waals surface area (Å²) in [7, 11) is 0. The second-order valence-electron chi connectivity index (χ2n) is 4.14. The molecule has 1 heterocycles. The Morgan fingerprint density at radius 1 is 0.950 bits per heavy atom. The summed E-state index contributed by atoms with van der Waals surface area (Å²) in [5.74, 6) is 1.29. The molecular formula is C15H11N4O+. The Morgan fingerprint density at radius 3 is 2.40 bits per heavy atom. The summed E-state index contributed by atoms with van der Waals surface area (Å²) in [4.78, 5) is 7.27. The minimum atomic E-state index is 0.593. The van der Waals surface area contributed by atoms with Crippen molar-refractivity contribution in [2.75, 3.05) is 0 Å². The van der Waals surface area contributed by atoms with Crippen LogP contribution in [0.25, 0.3) is 22.8 Å². The van der Waals surface area contributed by atoms with Crippen molar-refractivity contribution < 1.29 is 4.42 Å². The molecule has 0 aliphatic heterocycles. The summed E-state index contributed by atoms with van der Waals surface area (Å²) >= 11 is 0. The maximum atomic E-state index is 6.69. The van der Waals surface area contributed by atoms with Gasteiger partial charge in [0.05, 0.1) is 6.20 Å². The highest BCUT2D eigenvalue weighted by atomic mass is 16.4. The molecule has 0 fully saturated rings. The number of aromatic nitrogens is 1. The van der Waals surface area contributed by atoms with Crippen LogP contribution in [0.15, 0.2) is 70.3 Å². The molecule has 1 aromatic heterocycles. The lowest BCUT2D eigenvalue weighted by Crippen LogP contribution is -1.74. The first-order valence-electron chi connectivity index (χ1n) is 6.06.